The minimum atomic E-state index is -1.02. The average molecular weight is 421 g/mol. The number of carbonyl (C=O) groups excluding carboxylic acids is 1. The maximum atomic E-state index is 13.9. The van der Waals surface area contributed by atoms with Gasteiger partial charge in [-0.05, 0) is 50.2 Å². The maximum Gasteiger partial charge on any atom is 0.240 e. The second-order valence-electron chi connectivity index (χ2n) is 7.27. The molecule has 0 aliphatic carbocycles. The summed E-state index contributed by atoms with van der Waals surface area (Å²) in [6, 6.07) is 7.58. The van der Waals surface area contributed by atoms with Crippen molar-refractivity contribution in [3.8, 4) is 11.3 Å². The molecule has 4 rings (SSSR count). The summed E-state index contributed by atoms with van der Waals surface area (Å²) in [5.41, 5.74) is 0.181. The van der Waals surface area contributed by atoms with E-state index in [0.29, 0.717) is 28.6 Å². The fourth-order valence-electron chi connectivity index (χ4n) is 3.35. The van der Waals surface area contributed by atoms with Gasteiger partial charge in [0.05, 0.1) is 10.6 Å². The van der Waals surface area contributed by atoms with Crippen molar-refractivity contribution in [3.63, 3.8) is 0 Å². The summed E-state index contributed by atoms with van der Waals surface area (Å²) in [7, 11) is 0. The van der Waals surface area contributed by atoms with Crippen molar-refractivity contribution in [1.82, 2.24) is 14.9 Å². The van der Waals surface area contributed by atoms with E-state index in [2.05, 4.69) is 15.6 Å². The van der Waals surface area contributed by atoms with Crippen LogP contribution in [0.2, 0.25) is 5.02 Å². The molecule has 2 heterocycles. The summed E-state index contributed by atoms with van der Waals surface area (Å²) in [5, 5.41) is 5.85. The molecule has 2 N–H and O–H groups in total. The highest BCUT2D eigenvalue weighted by Crippen LogP contribution is 2.37. The lowest BCUT2D eigenvalue weighted by atomic mass is 10.0. The van der Waals surface area contributed by atoms with Crippen LogP contribution in [0.25, 0.3) is 11.3 Å². The third kappa shape index (κ3) is 3.44. The molecule has 5 nitrogen and oxygen atoms in total. The van der Waals surface area contributed by atoms with E-state index in [1.54, 1.807) is 24.5 Å². The van der Waals surface area contributed by atoms with E-state index in [-0.39, 0.29) is 17.5 Å². The second-order valence-corrected chi connectivity index (χ2v) is 7.68. The Bertz CT molecular complexity index is 1140. The Labute approximate surface area is 169 Å². The first-order chi connectivity index (χ1) is 13.7. The highest BCUT2D eigenvalue weighted by molar-refractivity contribution is 6.30. The van der Waals surface area contributed by atoms with Gasteiger partial charge in [-0.2, -0.15) is 0 Å². The number of fused-ring (bicyclic) bond motifs is 1. The molecule has 0 bridgehead atoms. The largest absolute Gasteiger partial charge is 0.342 e. The molecule has 1 aliphatic rings. The van der Waals surface area contributed by atoms with E-state index in [1.807, 2.05) is 0 Å². The van der Waals surface area contributed by atoms with Gasteiger partial charge < -0.3 is 15.2 Å². The number of halogens is 4. The maximum absolute atomic E-state index is 13.9. The first kappa shape index (κ1) is 19.3. The van der Waals surface area contributed by atoms with Crippen molar-refractivity contribution in [3.05, 3.63) is 64.7 Å². The lowest BCUT2D eigenvalue weighted by molar-refractivity contribution is -0.124. The van der Waals surface area contributed by atoms with E-state index in [1.165, 1.54) is 18.2 Å². The molecule has 9 heteroatoms. The van der Waals surface area contributed by atoms with Crippen LogP contribution in [0.4, 0.5) is 24.7 Å². The standard InChI is InChI=1S/C20H16ClF3N4O/c1-20(2)19-26-17(10-3-6-13(22)15(24)7-10)18(28(19)9-16(29)27-20)25-11-4-5-12(21)14(23)8-11/h3-8,25H,9H2,1-2H3,(H,27,29). The number of amides is 1. The molecule has 0 unspecified atom stereocenters. The van der Waals surface area contributed by atoms with Crippen LogP contribution in [0, 0.1) is 17.5 Å². The Morgan fingerprint density at radius 2 is 1.86 bits per heavy atom. The van der Waals surface area contributed by atoms with Crippen LogP contribution in [-0.2, 0) is 16.9 Å². The summed E-state index contributed by atoms with van der Waals surface area (Å²) < 4.78 is 42.8. The molecule has 0 saturated heterocycles. The molecule has 29 heavy (non-hydrogen) atoms. The van der Waals surface area contributed by atoms with E-state index in [4.69, 9.17) is 11.6 Å². The van der Waals surface area contributed by atoms with Gasteiger partial charge in [0.2, 0.25) is 5.91 Å². The van der Waals surface area contributed by atoms with E-state index < -0.39 is 23.0 Å². The number of benzene rings is 2. The molecule has 150 valence electrons. The molecule has 0 radical (unpaired) electrons. The topological polar surface area (TPSA) is 59.0 Å². The summed E-state index contributed by atoms with van der Waals surface area (Å²) in [5.74, 6) is -1.98. The van der Waals surface area contributed by atoms with E-state index in [9.17, 15) is 18.0 Å². The van der Waals surface area contributed by atoms with Gasteiger partial charge in [0.1, 0.15) is 29.7 Å². The van der Waals surface area contributed by atoms with Crippen molar-refractivity contribution in [2.45, 2.75) is 25.9 Å². The minimum absolute atomic E-state index is 0.0339. The zero-order valence-electron chi connectivity index (χ0n) is 15.5. The van der Waals surface area contributed by atoms with Crippen molar-refractivity contribution in [2.24, 2.45) is 0 Å². The van der Waals surface area contributed by atoms with Gasteiger partial charge in [0.25, 0.3) is 0 Å². The number of nitrogens with zero attached hydrogens (tertiary/aromatic N) is 2. The number of imidazole rings is 1. The summed E-state index contributed by atoms with van der Waals surface area (Å²) in [4.78, 5) is 16.8. The Morgan fingerprint density at radius 3 is 2.55 bits per heavy atom. The Hall–Kier alpha value is -3.00. The molecule has 0 spiro atoms. The van der Waals surface area contributed by atoms with Gasteiger partial charge in [-0.3, -0.25) is 4.79 Å². The number of anilines is 2. The fourth-order valence-corrected chi connectivity index (χ4v) is 3.47. The van der Waals surface area contributed by atoms with Crippen LogP contribution in [0.15, 0.2) is 36.4 Å². The van der Waals surface area contributed by atoms with Gasteiger partial charge in [-0.1, -0.05) is 11.6 Å². The van der Waals surface area contributed by atoms with Crippen molar-refractivity contribution < 1.29 is 18.0 Å². The van der Waals surface area contributed by atoms with Crippen LogP contribution in [-0.4, -0.2) is 15.5 Å². The molecular formula is C20H16ClF3N4O. The zero-order chi connectivity index (χ0) is 20.9. The average Bonchev–Trinajstić information content (AvgIpc) is 2.99. The van der Waals surface area contributed by atoms with E-state index in [0.717, 1.165) is 12.1 Å². The number of hydrogen-bond donors (Lipinski definition) is 2. The van der Waals surface area contributed by atoms with Crippen molar-refractivity contribution in [1.29, 1.82) is 0 Å². The lowest BCUT2D eigenvalue weighted by Crippen LogP contribution is -2.49. The second kappa shape index (κ2) is 6.81. The molecule has 0 atom stereocenters. The number of aromatic nitrogens is 2. The first-order valence-corrected chi connectivity index (χ1v) is 9.13. The van der Waals surface area contributed by atoms with Gasteiger partial charge in [0.15, 0.2) is 11.6 Å². The van der Waals surface area contributed by atoms with Gasteiger partial charge >= 0.3 is 0 Å². The third-order valence-electron chi connectivity index (χ3n) is 4.66. The normalized spacial score (nSPS) is 15.0. The highest BCUT2D eigenvalue weighted by atomic mass is 35.5. The van der Waals surface area contributed by atoms with Gasteiger partial charge in [-0.15, -0.1) is 0 Å². The molecule has 1 aliphatic heterocycles. The molecule has 0 fully saturated rings. The number of nitrogens with one attached hydrogen (secondary N) is 2. The summed E-state index contributed by atoms with van der Waals surface area (Å²) in [6.45, 7) is 3.53. The third-order valence-corrected chi connectivity index (χ3v) is 4.96. The fraction of sp³-hybridized carbons (Fsp3) is 0.200. The smallest absolute Gasteiger partial charge is 0.240 e. The SMILES string of the molecule is CC1(C)NC(=O)Cn2c1nc(-c1ccc(F)c(F)c1)c2Nc1ccc(Cl)c(F)c1. The van der Waals surface area contributed by atoms with Crippen LogP contribution < -0.4 is 10.6 Å². The van der Waals surface area contributed by atoms with Gasteiger partial charge in [-0.25, -0.2) is 18.2 Å². The summed E-state index contributed by atoms with van der Waals surface area (Å²) >= 11 is 5.74. The minimum Gasteiger partial charge on any atom is -0.342 e. The number of carbonyl (C=O) groups is 1. The number of hydrogen-bond acceptors (Lipinski definition) is 3. The lowest BCUT2D eigenvalue weighted by Gasteiger charge is -2.31. The molecule has 0 saturated carbocycles. The van der Waals surface area contributed by atoms with Gasteiger partial charge in [0, 0.05) is 11.3 Å². The predicted molar refractivity (Wildman–Crippen MR) is 103 cm³/mol. The summed E-state index contributed by atoms with van der Waals surface area (Å²) in [6.07, 6.45) is 0. The highest BCUT2D eigenvalue weighted by Gasteiger charge is 2.36. The van der Waals surface area contributed by atoms with Crippen LogP contribution in [0.3, 0.4) is 0 Å². The first-order valence-electron chi connectivity index (χ1n) is 8.75. The van der Waals surface area contributed by atoms with Crippen molar-refractivity contribution in [2.75, 3.05) is 5.32 Å². The van der Waals surface area contributed by atoms with Crippen LogP contribution in [0.5, 0.6) is 0 Å². The Morgan fingerprint density at radius 1 is 1.10 bits per heavy atom. The molecule has 1 aromatic heterocycles. The zero-order valence-corrected chi connectivity index (χ0v) is 16.2. The van der Waals surface area contributed by atoms with Crippen LogP contribution in [0.1, 0.15) is 19.7 Å². The quantitative estimate of drug-likeness (QED) is 0.644. The monoisotopic (exact) mass is 420 g/mol. The van der Waals surface area contributed by atoms with Crippen molar-refractivity contribution >= 4 is 29.0 Å². The molecular weight excluding hydrogens is 405 g/mol. The molecule has 3 aromatic rings. The Kier molecular flexibility index (Phi) is 4.53. The predicted octanol–water partition coefficient (Wildman–Crippen LogP) is 4.73. The van der Waals surface area contributed by atoms with E-state index >= 15 is 0 Å². The Balaban J connectivity index is 1.91. The van der Waals surface area contributed by atoms with Crippen LogP contribution >= 0.6 is 11.6 Å². The molecule has 1 amide bonds. The number of rotatable bonds is 3. The molecule has 2 aromatic carbocycles.